The van der Waals surface area contributed by atoms with Gasteiger partial charge in [-0.1, -0.05) is 0 Å². The summed E-state index contributed by atoms with van der Waals surface area (Å²) in [6, 6.07) is 1.65. The zero-order valence-corrected chi connectivity index (χ0v) is 8.20. The molecule has 82 valence electrons. The molecule has 1 amide bonds. The molecule has 0 aliphatic carbocycles. The number of nitrogen functional groups attached to an aromatic ring is 1. The Morgan fingerprint density at radius 3 is 2.88 bits per heavy atom. The zero-order valence-electron chi connectivity index (χ0n) is 8.20. The maximum atomic E-state index is 11.4. The smallest absolute Gasteiger partial charge is 0.287 e. The minimum absolute atomic E-state index is 0.140. The van der Waals surface area contributed by atoms with E-state index in [1.165, 1.54) is 18.7 Å². The van der Waals surface area contributed by atoms with E-state index in [9.17, 15) is 4.79 Å². The van der Waals surface area contributed by atoms with E-state index in [1.807, 2.05) is 5.43 Å². The molecule has 0 aromatic carbocycles. The lowest BCUT2D eigenvalue weighted by atomic mass is 10.3. The molecule has 1 aliphatic rings. The topological polar surface area (TPSA) is 93.4 Å². The number of anilines is 1. The number of hydrogen-bond donors (Lipinski definition) is 2. The molecule has 2 rings (SSSR count). The number of nitrogens with one attached hydrogen (secondary N) is 1. The summed E-state index contributed by atoms with van der Waals surface area (Å²) in [4.78, 5) is 13.1. The van der Waals surface area contributed by atoms with Crippen molar-refractivity contribution in [2.24, 2.45) is 5.84 Å². The second-order valence-corrected chi connectivity index (χ2v) is 2.85. The van der Waals surface area contributed by atoms with E-state index < -0.39 is 5.91 Å². The first-order valence-electron chi connectivity index (χ1n) is 4.42. The number of hydrogen-bond acceptors (Lipinski definition) is 6. The first-order chi connectivity index (χ1) is 7.83. The van der Waals surface area contributed by atoms with Crippen molar-refractivity contribution < 1.29 is 9.53 Å². The van der Waals surface area contributed by atoms with Crippen molar-refractivity contribution in [1.82, 2.24) is 15.6 Å². The van der Waals surface area contributed by atoms with Gasteiger partial charge in [0.15, 0.2) is 5.69 Å². The fourth-order valence-corrected chi connectivity index (χ4v) is 1.22. The van der Waals surface area contributed by atoms with Crippen LogP contribution in [0.4, 0.5) is 5.69 Å². The maximum Gasteiger partial charge on any atom is 0.287 e. The van der Waals surface area contributed by atoms with E-state index in [0.29, 0.717) is 5.69 Å². The number of carbonyl (C=O) groups is 1. The zero-order chi connectivity index (χ0) is 11.4. The maximum absolute atomic E-state index is 11.4. The summed E-state index contributed by atoms with van der Waals surface area (Å²) in [5.41, 5.74) is 2.72. The van der Waals surface area contributed by atoms with Crippen molar-refractivity contribution in [3.05, 3.63) is 42.9 Å². The van der Waals surface area contributed by atoms with Crippen molar-refractivity contribution in [2.45, 2.75) is 0 Å². The van der Waals surface area contributed by atoms with Crippen LogP contribution in [0.5, 0.6) is 0 Å². The second kappa shape index (κ2) is 4.41. The van der Waals surface area contributed by atoms with Gasteiger partial charge in [0.1, 0.15) is 12.5 Å². The lowest BCUT2D eigenvalue weighted by Crippen LogP contribution is -2.32. The van der Waals surface area contributed by atoms with Gasteiger partial charge in [0.25, 0.3) is 5.91 Å². The van der Waals surface area contributed by atoms with Crippen molar-refractivity contribution in [1.29, 1.82) is 0 Å². The third-order valence-electron chi connectivity index (χ3n) is 1.92. The Balaban J connectivity index is 2.39. The van der Waals surface area contributed by atoms with Gasteiger partial charge in [-0.25, -0.2) is 5.84 Å². The lowest BCUT2D eigenvalue weighted by molar-refractivity contribution is 0.0948. The number of rotatable bonds is 2. The summed E-state index contributed by atoms with van der Waals surface area (Å²) >= 11 is 0. The Labute approximate surface area is 91.2 Å². The number of aromatic nitrogens is 2. The second-order valence-electron chi connectivity index (χ2n) is 2.85. The largest absolute Gasteiger partial charge is 0.470 e. The molecule has 0 unspecified atom stereocenters. The highest BCUT2D eigenvalue weighted by Gasteiger charge is 2.16. The van der Waals surface area contributed by atoms with E-state index >= 15 is 0 Å². The van der Waals surface area contributed by atoms with Gasteiger partial charge in [-0.2, -0.15) is 5.10 Å². The molecule has 1 aromatic rings. The van der Waals surface area contributed by atoms with E-state index in [2.05, 4.69) is 10.2 Å². The predicted octanol–water partition coefficient (Wildman–Crippen LogP) is -0.141. The van der Waals surface area contributed by atoms with Crippen LogP contribution in [-0.2, 0) is 4.74 Å². The highest BCUT2D eigenvalue weighted by Crippen LogP contribution is 2.19. The molecular weight excluding hydrogens is 210 g/mol. The molecule has 0 saturated carbocycles. The first kappa shape index (κ1) is 10.1. The van der Waals surface area contributed by atoms with Crippen LogP contribution in [0.3, 0.4) is 0 Å². The number of carbonyl (C=O) groups excluding carboxylic acids is 1. The Hall–Kier alpha value is -2.41. The van der Waals surface area contributed by atoms with Crippen LogP contribution in [-0.4, -0.2) is 16.1 Å². The third kappa shape index (κ3) is 1.84. The SMILES string of the molecule is NNC(=O)c1nnccc1N1C=COC=C1. The van der Waals surface area contributed by atoms with E-state index in [4.69, 9.17) is 10.6 Å². The molecule has 1 aliphatic heterocycles. The van der Waals surface area contributed by atoms with Crippen molar-refractivity contribution in [3.63, 3.8) is 0 Å². The summed E-state index contributed by atoms with van der Waals surface area (Å²) in [7, 11) is 0. The fourth-order valence-electron chi connectivity index (χ4n) is 1.22. The molecule has 2 heterocycles. The van der Waals surface area contributed by atoms with Gasteiger partial charge in [-0.15, -0.1) is 5.10 Å². The molecule has 16 heavy (non-hydrogen) atoms. The van der Waals surface area contributed by atoms with Gasteiger partial charge in [0.2, 0.25) is 0 Å². The molecule has 3 N–H and O–H groups in total. The number of nitrogens with zero attached hydrogens (tertiary/aromatic N) is 3. The molecule has 0 bridgehead atoms. The Morgan fingerprint density at radius 2 is 2.19 bits per heavy atom. The normalized spacial score (nSPS) is 13.4. The molecule has 7 nitrogen and oxygen atoms in total. The summed E-state index contributed by atoms with van der Waals surface area (Å²) in [5.74, 6) is 4.55. The third-order valence-corrected chi connectivity index (χ3v) is 1.92. The minimum atomic E-state index is -0.503. The average Bonchev–Trinajstić information content (AvgIpc) is 2.39. The Bertz CT molecular complexity index is 445. The molecule has 7 heteroatoms. The van der Waals surface area contributed by atoms with Crippen LogP contribution in [0.2, 0.25) is 0 Å². The van der Waals surface area contributed by atoms with Crippen LogP contribution in [0.1, 0.15) is 10.5 Å². The van der Waals surface area contributed by atoms with Crippen molar-refractivity contribution in [2.75, 3.05) is 4.90 Å². The van der Waals surface area contributed by atoms with Crippen molar-refractivity contribution >= 4 is 11.6 Å². The fraction of sp³-hybridized carbons (Fsp3) is 0. The number of hydrazine groups is 1. The molecule has 0 saturated heterocycles. The average molecular weight is 219 g/mol. The van der Waals surface area contributed by atoms with Gasteiger partial charge in [-0.3, -0.25) is 10.2 Å². The minimum Gasteiger partial charge on any atom is -0.470 e. The van der Waals surface area contributed by atoms with Crippen LogP contribution >= 0.6 is 0 Å². The molecule has 0 spiro atoms. The Kier molecular flexibility index (Phi) is 2.79. The summed E-state index contributed by atoms with van der Waals surface area (Å²) in [6.07, 6.45) is 7.73. The van der Waals surface area contributed by atoms with Crippen molar-refractivity contribution in [3.8, 4) is 0 Å². The van der Waals surface area contributed by atoms with Gasteiger partial charge in [0, 0.05) is 12.4 Å². The first-order valence-corrected chi connectivity index (χ1v) is 4.42. The predicted molar refractivity (Wildman–Crippen MR) is 55.5 cm³/mol. The van der Waals surface area contributed by atoms with E-state index in [0.717, 1.165) is 0 Å². The standard InChI is InChI=1S/C9H9N5O2/c10-12-9(15)8-7(1-2-11-13-8)14-3-5-16-6-4-14/h1-6H,10H2,(H,12,15). The molecule has 0 radical (unpaired) electrons. The number of nitrogens with two attached hydrogens (primary N) is 1. The van der Waals surface area contributed by atoms with Crippen LogP contribution < -0.4 is 16.2 Å². The van der Waals surface area contributed by atoms with E-state index in [-0.39, 0.29) is 5.69 Å². The summed E-state index contributed by atoms with van der Waals surface area (Å²) in [6.45, 7) is 0. The van der Waals surface area contributed by atoms with Crippen LogP contribution in [0.15, 0.2) is 37.2 Å². The van der Waals surface area contributed by atoms with E-state index in [1.54, 1.807) is 23.4 Å². The van der Waals surface area contributed by atoms with Gasteiger partial charge in [-0.05, 0) is 6.07 Å². The lowest BCUT2D eigenvalue weighted by Gasteiger charge is -2.18. The summed E-state index contributed by atoms with van der Waals surface area (Å²) in [5, 5.41) is 7.37. The number of amides is 1. The van der Waals surface area contributed by atoms with Crippen LogP contribution in [0, 0.1) is 0 Å². The molecule has 0 fully saturated rings. The monoisotopic (exact) mass is 219 g/mol. The molecule has 1 aromatic heterocycles. The molecule has 0 atom stereocenters. The quantitative estimate of drug-likeness (QED) is 0.408. The molecular formula is C9H9N5O2. The number of ether oxygens (including phenoxy) is 1. The van der Waals surface area contributed by atoms with Gasteiger partial charge < -0.3 is 9.64 Å². The van der Waals surface area contributed by atoms with Crippen LogP contribution in [0.25, 0.3) is 0 Å². The van der Waals surface area contributed by atoms with Gasteiger partial charge in [0.05, 0.1) is 11.9 Å². The summed E-state index contributed by atoms with van der Waals surface area (Å²) < 4.78 is 4.88. The van der Waals surface area contributed by atoms with Gasteiger partial charge >= 0.3 is 0 Å². The highest BCUT2D eigenvalue weighted by molar-refractivity contribution is 5.97. The Morgan fingerprint density at radius 1 is 1.44 bits per heavy atom. The highest BCUT2D eigenvalue weighted by atomic mass is 16.5.